The number of benzene rings is 1. The summed E-state index contributed by atoms with van der Waals surface area (Å²) in [7, 11) is 0. The van der Waals surface area contributed by atoms with Crippen molar-refractivity contribution >= 4 is 0 Å². The predicted octanol–water partition coefficient (Wildman–Crippen LogP) is 2.38. The third-order valence-corrected chi connectivity index (χ3v) is 2.37. The van der Waals surface area contributed by atoms with E-state index in [2.05, 4.69) is 12.2 Å². The zero-order valence-electron chi connectivity index (χ0n) is 10.0. The van der Waals surface area contributed by atoms with Gasteiger partial charge in [-0.05, 0) is 38.0 Å². The fourth-order valence-electron chi connectivity index (χ4n) is 1.61. The molecule has 2 nitrogen and oxygen atoms in total. The van der Waals surface area contributed by atoms with Crippen molar-refractivity contribution in [3.63, 3.8) is 0 Å². The largest absolute Gasteiger partial charge is 0.380 e. The second-order valence-corrected chi connectivity index (χ2v) is 3.89. The van der Waals surface area contributed by atoms with Crippen LogP contribution in [0.25, 0.3) is 0 Å². The molecule has 0 aliphatic heterocycles. The zero-order valence-corrected chi connectivity index (χ0v) is 10.0. The van der Waals surface area contributed by atoms with Crippen molar-refractivity contribution in [2.45, 2.75) is 26.3 Å². The second-order valence-electron chi connectivity index (χ2n) is 3.89. The molecule has 0 aliphatic carbocycles. The summed E-state index contributed by atoms with van der Waals surface area (Å²) in [6.45, 7) is 6.39. The third-order valence-electron chi connectivity index (χ3n) is 2.37. The maximum absolute atomic E-state index is 12.9. The maximum Gasteiger partial charge on any atom is 0.123 e. The molecule has 1 aromatic carbocycles. The Balaban J connectivity index is 2.25. The van der Waals surface area contributed by atoms with Gasteiger partial charge in [-0.1, -0.05) is 12.1 Å². The minimum atomic E-state index is -0.168. The smallest absolute Gasteiger partial charge is 0.123 e. The van der Waals surface area contributed by atoms with Crippen LogP contribution in [0.15, 0.2) is 24.3 Å². The standard InChI is InChI=1S/C13H20FNO/c1-3-16-8-7-15-11(2)9-12-5-4-6-13(14)10-12/h4-6,10-11,15H,3,7-9H2,1-2H3. The molecule has 0 bridgehead atoms. The summed E-state index contributed by atoms with van der Waals surface area (Å²) >= 11 is 0. The average Bonchev–Trinajstić information content (AvgIpc) is 2.24. The first kappa shape index (κ1) is 13.1. The molecule has 90 valence electrons. The molecular formula is C13H20FNO. The van der Waals surface area contributed by atoms with Crippen LogP contribution in [0.3, 0.4) is 0 Å². The molecule has 1 N–H and O–H groups in total. The van der Waals surface area contributed by atoms with E-state index >= 15 is 0 Å². The molecule has 0 saturated carbocycles. The Labute approximate surface area is 96.8 Å². The van der Waals surface area contributed by atoms with E-state index in [-0.39, 0.29) is 5.82 Å². The van der Waals surface area contributed by atoms with Gasteiger partial charge in [-0.15, -0.1) is 0 Å². The first-order valence-corrected chi connectivity index (χ1v) is 5.78. The fraction of sp³-hybridized carbons (Fsp3) is 0.538. The highest BCUT2D eigenvalue weighted by molar-refractivity contribution is 5.17. The summed E-state index contributed by atoms with van der Waals surface area (Å²) in [5.41, 5.74) is 1.02. The van der Waals surface area contributed by atoms with Crippen LogP contribution in [0.4, 0.5) is 4.39 Å². The van der Waals surface area contributed by atoms with Gasteiger partial charge in [0, 0.05) is 19.2 Å². The minimum absolute atomic E-state index is 0.168. The number of ether oxygens (including phenoxy) is 1. The van der Waals surface area contributed by atoms with Crippen LogP contribution in [0.5, 0.6) is 0 Å². The quantitative estimate of drug-likeness (QED) is 0.719. The summed E-state index contributed by atoms with van der Waals surface area (Å²) in [6.07, 6.45) is 0.837. The van der Waals surface area contributed by atoms with Crippen LogP contribution in [0, 0.1) is 5.82 Å². The van der Waals surface area contributed by atoms with Gasteiger partial charge in [0.1, 0.15) is 5.82 Å². The number of hydrogen-bond acceptors (Lipinski definition) is 2. The molecule has 0 heterocycles. The van der Waals surface area contributed by atoms with Crippen molar-refractivity contribution < 1.29 is 9.13 Å². The Morgan fingerprint density at radius 2 is 2.25 bits per heavy atom. The summed E-state index contributed by atoms with van der Waals surface area (Å²) < 4.78 is 18.2. The van der Waals surface area contributed by atoms with Crippen LogP contribution >= 0.6 is 0 Å². The SMILES string of the molecule is CCOCCNC(C)Cc1cccc(F)c1. The summed E-state index contributed by atoms with van der Waals surface area (Å²) in [5.74, 6) is -0.168. The molecule has 1 unspecified atom stereocenters. The predicted molar refractivity (Wildman–Crippen MR) is 64.1 cm³/mol. The van der Waals surface area contributed by atoms with Gasteiger partial charge in [-0.2, -0.15) is 0 Å². The van der Waals surface area contributed by atoms with Crippen molar-refractivity contribution in [1.82, 2.24) is 5.32 Å². The van der Waals surface area contributed by atoms with Crippen LogP contribution < -0.4 is 5.32 Å². The van der Waals surface area contributed by atoms with Crippen molar-refractivity contribution in [3.8, 4) is 0 Å². The lowest BCUT2D eigenvalue weighted by Gasteiger charge is -2.13. The van der Waals surface area contributed by atoms with E-state index in [0.717, 1.165) is 31.7 Å². The maximum atomic E-state index is 12.9. The summed E-state index contributed by atoms with van der Waals surface area (Å²) in [6, 6.07) is 7.08. The van der Waals surface area contributed by atoms with Gasteiger partial charge in [0.25, 0.3) is 0 Å². The van der Waals surface area contributed by atoms with E-state index in [1.165, 1.54) is 6.07 Å². The molecule has 0 spiro atoms. The van der Waals surface area contributed by atoms with Crippen molar-refractivity contribution in [1.29, 1.82) is 0 Å². The second kappa shape index (κ2) is 7.36. The van der Waals surface area contributed by atoms with Crippen LogP contribution in [0.1, 0.15) is 19.4 Å². The molecule has 1 aromatic rings. The van der Waals surface area contributed by atoms with E-state index in [0.29, 0.717) is 6.04 Å². The Kier molecular flexibility index (Phi) is 6.04. The molecule has 16 heavy (non-hydrogen) atoms. The number of halogens is 1. The van der Waals surface area contributed by atoms with Gasteiger partial charge < -0.3 is 10.1 Å². The van der Waals surface area contributed by atoms with Crippen molar-refractivity contribution in [3.05, 3.63) is 35.6 Å². The Hall–Kier alpha value is -0.930. The molecule has 0 aromatic heterocycles. The molecule has 0 amide bonds. The minimum Gasteiger partial charge on any atom is -0.380 e. The molecular weight excluding hydrogens is 205 g/mol. The first-order chi connectivity index (χ1) is 7.72. The van der Waals surface area contributed by atoms with E-state index in [4.69, 9.17) is 4.74 Å². The molecule has 1 atom stereocenters. The average molecular weight is 225 g/mol. The number of hydrogen-bond donors (Lipinski definition) is 1. The van der Waals surface area contributed by atoms with Gasteiger partial charge in [0.15, 0.2) is 0 Å². The summed E-state index contributed by atoms with van der Waals surface area (Å²) in [5, 5.41) is 3.34. The lowest BCUT2D eigenvalue weighted by Crippen LogP contribution is -2.31. The fourth-order valence-corrected chi connectivity index (χ4v) is 1.61. The van der Waals surface area contributed by atoms with E-state index in [9.17, 15) is 4.39 Å². The summed E-state index contributed by atoms with van der Waals surface area (Å²) in [4.78, 5) is 0. The molecule has 0 fully saturated rings. The topological polar surface area (TPSA) is 21.3 Å². The highest BCUT2D eigenvalue weighted by atomic mass is 19.1. The highest BCUT2D eigenvalue weighted by Crippen LogP contribution is 2.06. The van der Waals surface area contributed by atoms with Gasteiger partial charge in [0.05, 0.1) is 6.61 Å². The molecule has 0 aliphatic rings. The highest BCUT2D eigenvalue weighted by Gasteiger charge is 2.03. The van der Waals surface area contributed by atoms with Gasteiger partial charge in [-0.25, -0.2) is 4.39 Å². The van der Waals surface area contributed by atoms with Gasteiger partial charge >= 0.3 is 0 Å². The lowest BCUT2D eigenvalue weighted by atomic mass is 10.1. The molecule has 0 saturated heterocycles. The molecule has 3 heteroatoms. The Bertz CT molecular complexity index is 304. The van der Waals surface area contributed by atoms with E-state index < -0.39 is 0 Å². The third kappa shape index (κ3) is 5.24. The molecule has 0 radical (unpaired) electrons. The molecule has 1 rings (SSSR count). The van der Waals surface area contributed by atoms with Crippen molar-refractivity contribution in [2.24, 2.45) is 0 Å². The Morgan fingerprint density at radius 3 is 2.94 bits per heavy atom. The zero-order chi connectivity index (χ0) is 11.8. The lowest BCUT2D eigenvalue weighted by molar-refractivity contribution is 0.147. The van der Waals surface area contributed by atoms with Gasteiger partial charge in [0.2, 0.25) is 0 Å². The number of nitrogens with one attached hydrogen (secondary N) is 1. The Morgan fingerprint density at radius 1 is 1.44 bits per heavy atom. The first-order valence-electron chi connectivity index (χ1n) is 5.78. The van der Waals surface area contributed by atoms with Crippen LogP contribution in [-0.4, -0.2) is 25.8 Å². The monoisotopic (exact) mass is 225 g/mol. The number of rotatable bonds is 7. The van der Waals surface area contributed by atoms with Crippen LogP contribution in [0.2, 0.25) is 0 Å². The van der Waals surface area contributed by atoms with Crippen LogP contribution in [-0.2, 0) is 11.2 Å². The normalized spacial score (nSPS) is 12.7. The van der Waals surface area contributed by atoms with Crippen molar-refractivity contribution in [2.75, 3.05) is 19.8 Å². The van der Waals surface area contributed by atoms with E-state index in [1.807, 2.05) is 13.0 Å². The van der Waals surface area contributed by atoms with E-state index in [1.54, 1.807) is 12.1 Å². The van der Waals surface area contributed by atoms with Gasteiger partial charge in [-0.3, -0.25) is 0 Å².